The first kappa shape index (κ1) is 11.5. The van der Waals surface area contributed by atoms with Crippen LogP contribution in [-0.4, -0.2) is 20.6 Å². The summed E-state index contributed by atoms with van der Waals surface area (Å²) < 4.78 is 1.99. The van der Waals surface area contributed by atoms with Crippen LogP contribution in [0.15, 0.2) is 0 Å². The minimum Gasteiger partial charge on any atom is -0.250 e. The summed E-state index contributed by atoms with van der Waals surface area (Å²) in [4.78, 5) is 4.44. The van der Waals surface area contributed by atoms with Gasteiger partial charge in [0, 0.05) is 25.3 Å². The molecule has 0 aliphatic rings. The molecule has 0 fully saturated rings. The lowest BCUT2D eigenvalue weighted by molar-refractivity contribution is 0.469. The van der Waals surface area contributed by atoms with Crippen LogP contribution in [0.25, 0.3) is 0 Å². The Labute approximate surface area is 90.5 Å². The van der Waals surface area contributed by atoms with Gasteiger partial charge < -0.3 is 0 Å². The fraction of sp³-hybridized carbons (Fsp3) is 0.800. The molecule has 0 saturated carbocycles. The summed E-state index contributed by atoms with van der Waals surface area (Å²) in [6.45, 7) is 7.18. The Kier molecular flexibility index (Phi) is 4.39. The van der Waals surface area contributed by atoms with E-state index < -0.39 is 0 Å². The van der Waals surface area contributed by atoms with E-state index in [1.807, 2.05) is 4.68 Å². The predicted molar refractivity (Wildman–Crippen MR) is 58.7 cm³/mol. The van der Waals surface area contributed by atoms with E-state index in [9.17, 15) is 0 Å². The maximum absolute atomic E-state index is 5.78. The van der Waals surface area contributed by atoms with Crippen molar-refractivity contribution in [3.8, 4) is 0 Å². The second kappa shape index (κ2) is 5.35. The molecule has 0 N–H and O–H groups in total. The Morgan fingerprint density at radius 3 is 2.57 bits per heavy atom. The summed E-state index contributed by atoms with van der Waals surface area (Å²) in [5.74, 6) is 3.13. The van der Waals surface area contributed by atoms with Gasteiger partial charge in [0.15, 0.2) is 5.82 Å². The van der Waals surface area contributed by atoms with Crippen molar-refractivity contribution < 1.29 is 0 Å². The van der Waals surface area contributed by atoms with Gasteiger partial charge in [0.1, 0.15) is 5.82 Å². The maximum Gasteiger partial charge on any atom is 0.150 e. The fourth-order valence-corrected chi connectivity index (χ4v) is 1.43. The molecule has 80 valence electrons. The van der Waals surface area contributed by atoms with E-state index in [-0.39, 0.29) is 0 Å². The lowest BCUT2D eigenvalue weighted by atomic mass is 10.2. The first-order valence-corrected chi connectivity index (χ1v) is 5.73. The van der Waals surface area contributed by atoms with Gasteiger partial charge >= 0.3 is 0 Å². The van der Waals surface area contributed by atoms with Crippen molar-refractivity contribution in [1.29, 1.82) is 0 Å². The highest BCUT2D eigenvalue weighted by atomic mass is 35.5. The fourth-order valence-electron chi connectivity index (χ4n) is 1.33. The molecule has 0 amide bonds. The molecule has 3 nitrogen and oxygen atoms in total. The van der Waals surface area contributed by atoms with Gasteiger partial charge in [-0.3, -0.25) is 0 Å². The number of aromatic nitrogens is 3. The van der Waals surface area contributed by atoms with Crippen LogP contribution in [-0.2, 0) is 19.4 Å². The third kappa shape index (κ3) is 2.71. The summed E-state index contributed by atoms with van der Waals surface area (Å²) in [5.41, 5.74) is 0. The van der Waals surface area contributed by atoms with Crippen molar-refractivity contribution >= 4 is 11.6 Å². The van der Waals surface area contributed by atoms with Crippen LogP contribution in [0, 0.1) is 5.92 Å². The Bertz CT molecular complexity index is 283. The second-order valence-electron chi connectivity index (χ2n) is 3.59. The molecule has 0 saturated heterocycles. The van der Waals surface area contributed by atoms with Gasteiger partial charge in [-0.15, -0.1) is 11.6 Å². The summed E-state index contributed by atoms with van der Waals surface area (Å²) in [5, 5.41) is 4.43. The van der Waals surface area contributed by atoms with Gasteiger partial charge in [-0.1, -0.05) is 20.8 Å². The van der Waals surface area contributed by atoms with E-state index in [1.54, 1.807) is 0 Å². The molecule has 4 heteroatoms. The average Bonchev–Trinajstić information content (AvgIpc) is 2.60. The third-order valence-electron chi connectivity index (χ3n) is 2.17. The van der Waals surface area contributed by atoms with Gasteiger partial charge in [-0.05, 0) is 5.92 Å². The molecule has 1 heterocycles. The van der Waals surface area contributed by atoms with Gasteiger partial charge in [0.2, 0.25) is 0 Å². The Morgan fingerprint density at radius 1 is 1.36 bits per heavy atom. The number of rotatable bonds is 5. The van der Waals surface area contributed by atoms with Crippen LogP contribution in [0.1, 0.15) is 32.4 Å². The molecule has 1 unspecified atom stereocenters. The minimum absolute atomic E-state index is 0.452. The van der Waals surface area contributed by atoms with Crippen LogP contribution in [0.5, 0.6) is 0 Å². The highest BCUT2D eigenvalue weighted by Crippen LogP contribution is 2.06. The monoisotopic (exact) mass is 215 g/mol. The van der Waals surface area contributed by atoms with E-state index in [4.69, 9.17) is 11.6 Å². The smallest absolute Gasteiger partial charge is 0.150 e. The summed E-state index contributed by atoms with van der Waals surface area (Å²) in [6, 6.07) is 0. The lowest BCUT2D eigenvalue weighted by Gasteiger charge is -2.08. The Morgan fingerprint density at radius 2 is 2.07 bits per heavy atom. The van der Waals surface area contributed by atoms with E-state index in [0.717, 1.165) is 31.0 Å². The molecule has 0 bridgehead atoms. The maximum atomic E-state index is 5.78. The van der Waals surface area contributed by atoms with Crippen molar-refractivity contribution in [3.05, 3.63) is 11.6 Å². The molecule has 0 aliphatic carbocycles. The van der Waals surface area contributed by atoms with E-state index in [0.29, 0.717) is 11.8 Å². The number of hydrogen-bond acceptors (Lipinski definition) is 2. The molecule has 1 rings (SSSR count). The van der Waals surface area contributed by atoms with Crippen LogP contribution in [0.3, 0.4) is 0 Å². The molecular formula is C10H18ClN3. The highest BCUT2D eigenvalue weighted by Gasteiger charge is 2.09. The third-order valence-corrected chi connectivity index (χ3v) is 2.70. The van der Waals surface area contributed by atoms with Crippen molar-refractivity contribution in [1.82, 2.24) is 14.8 Å². The lowest BCUT2D eigenvalue weighted by Crippen LogP contribution is -2.13. The largest absolute Gasteiger partial charge is 0.250 e. The van der Waals surface area contributed by atoms with Crippen molar-refractivity contribution in [2.24, 2.45) is 5.92 Å². The SMILES string of the molecule is CCc1nc(CC)n(CC(C)CCl)n1. The number of nitrogens with zero attached hydrogens (tertiary/aromatic N) is 3. The van der Waals surface area contributed by atoms with E-state index in [2.05, 4.69) is 30.9 Å². The molecule has 0 aliphatic heterocycles. The molecule has 0 aromatic carbocycles. The van der Waals surface area contributed by atoms with Gasteiger partial charge in [0.25, 0.3) is 0 Å². The average molecular weight is 216 g/mol. The number of aryl methyl sites for hydroxylation is 2. The standard InChI is InChI=1S/C10H18ClN3/c1-4-9-12-10(5-2)14(13-9)7-8(3)6-11/h8H,4-7H2,1-3H3. The van der Waals surface area contributed by atoms with E-state index >= 15 is 0 Å². The normalized spacial score (nSPS) is 13.1. The van der Waals surface area contributed by atoms with E-state index in [1.165, 1.54) is 0 Å². The molecule has 0 radical (unpaired) electrons. The van der Waals surface area contributed by atoms with Gasteiger partial charge in [0.05, 0.1) is 0 Å². The highest BCUT2D eigenvalue weighted by molar-refractivity contribution is 6.18. The minimum atomic E-state index is 0.452. The number of halogens is 1. The Balaban J connectivity index is 2.78. The van der Waals surface area contributed by atoms with Crippen LogP contribution in [0.4, 0.5) is 0 Å². The van der Waals surface area contributed by atoms with Crippen molar-refractivity contribution in [2.45, 2.75) is 40.2 Å². The molecule has 0 spiro atoms. The zero-order valence-electron chi connectivity index (χ0n) is 9.13. The second-order valence-corrected chi connectivity index (χ2v) is 3.90. The predicted octanol–water partition coefficient (Wildman–Crippen LogP) is 2.28. The number of alkyl halides is 1. The number of hydrogen-bond donors (Lipinski definition) is 0. The molecular weight excluding hydrogens is 198 g/mol. The first-order valence-electron chi connectivity index (χ1n) is 5.19. The summed E-state index contributed by atoms with van der Waals surface area (Å²) >= 11 is 5.78. The van der Waals surface area contributed by atoms with Crippen molar-refractivity contribution in [2.75, 3.05) is 5.88 Å². The zero-order valence-corrected chi connectivity index (χ0v) is 9.88. The van der Waals surface area contributed by atoms with Crippen LogP contribution in [0.2, 0.25) is 0 Å². The summed E-state index contributed by atoms with van der Waals surface area (Å²) in [6.07, 6.45) is 1.83. The molecule has 14 heavy (non-hydrogen) atoms. The molecule has 1 aromatic rings. The molecule has 1 aromatic heterocycles. The van der Waals surface area contributed by atoms with Gasteiger partial charge in [-0.2, -0.15) is 5.10 Å². The van der Waals surface area contributed by atoms with Gasteiger partial charge in [-0.25, -0.2) is 9.67 Å². The quantitative estimate of drug-likeness (QED) is 0.706. The van der Waals surface area contributed by atoms with Crippen molar-refractivity contribution in [3.63, 3.8) is 0 Å². The topological polar surface area (TPSA) is 30.7 Å². The van der Waals surface area contributed by atoms with Crippen LogP contribution >= 0.6 is 11.6 Å². The molecule has 1 atom stereocenters. The first-order chi connectivity index (χ1) is 6.71. The van der Waals surface area contributed by atoms with Crippen LogP contribution < -0.4 is 0 Å². The Hall–Kier alpha value is -0.570. The summed E-state index contributed by atoms with van der Waals surface area (Å²) in [7, 11) is 0. The zero-order chi connectivity index (χ0) is 10.6.